The molecule has 0 bridgehead atoms. The maximum absolute atomic E-state index is 5.48. The van der Waals surface area contributed by atoms with Crippen molar-refractivity contribution < 1.29 is 9.47 Å². The highest BCUT2D eigenvalue weighted by Gasteiger charge is 2.01. The topological polar surface area (TPSA) is 18.5 Å². The van der Waals surface area contributed by atoms with Crippen LogP contribution in [0.1, 0.15) is 0 Å². The molecule has 5 heteroatoms. The van der Waals surface area contributed by atoms with Gasteiger partial charge >= 0.3 is 0 Å². The molecule has 0 amide bonds. The Balaban J connectivity index is 3.00. The molecule has 0 atom stereocenters. The van der Waals surface area contributed by atoms with Crippen molar-refractivity contribution in [3.05, 3.63) is 0 Å². The molecule has 2 nitrogen and oxygen atoms in total. The molecule has 0 aromatic heterocycles. The first-order valence-electron chi connectivity index (χ1n) is 2.80. The van der Waals surface area contributed by atoms with Gasteiger partial charge in [0.15, 0.2) is 0 Å². The molecule has 0 aliphatic carbocycles. The predicted molar refractivity (Wildman–Crippen MR) is 43.0 cm³/mol. The minimum absolute atomic E-state index is 0.387. The van der Waals surface area contributed by atoms with Crippen LogP contribution in [0.4, 0.5) is 0 Å². The quantitative estimate of drug-likeness (QED) is 0.490. The Hall–Kier alpha value is 0.790. The van der Waals surface area contributed by atoms with Crippen LogP contribution in [0.2, 0.25) is 0 Å². The largest absolute Gasteiger partial charge is 0.338 e. The van der Waals surface area contributed by atoms with Crippen LogP contribution in [0.3, 0.4) is 0 Å². The summed E-state index contributed by atoms with van der Waals surface area (Å²) in [7, 11) is 0. The summed E-state index contributed by atoms with van der Waals surface area (Å²) in [6.07, 6.45) is 0. The molecule has 0 radical (unpaired) electrons. The molecule has 0 saturated heterocycles. The molecule has 0 fully saturated rings. The molecule has 0 unspecified atom stereocenters. The summed E-state index contributed by atoms with van der Waals surface area (Å²) in [6.45, 7) is 0.774. The molecule has 10 heavy (non-hydrogen) atoms. The lowest BCUT2D eigenvalue weighted by molar-refractivity contribution is -0.0782. The first-order chi connectivity index (χ1) is 4.81. The van der Waals surface area contributed by atoms with Gasteiger partial charge in [0.25, 0.3) is 0 Å². The highest BCUT2D eigenvalue weighted by molar-refractivity contribution is 6.19. The van der Waals surface area contributed by atoms with E-state index in [0.29, 0.717) is 25.0 Å². The van der Waals surface area contributed by atoms with Crippen LogP contribution in [0.15, 0.2) is 0 Å². The monoisotopic (exact) mass is 206 g/mol. The van der Waals surface area contributed by atoms with E-state index in [0.717, 1.165) is 0 Å². The van der Waals surface area contributed by atoms with Crippen LogP contribution in [0.5, 0.6) is 0 Å². The lowest BCUT2D eigenvalue weighted by atomic mass is 10.8. The average Bonchev–Trinajstić information content (AvgIpc) is 1.97. The van der Waals surface area contributed by atoms with E-state index in [-0.39, 0.29) is 0 Å². The van der Waals surface area contributed by atoms with Crippen LogP contribution >= 0.6 is 34.8 Å². The summed E-state index contributed by atoms with van der Waals surface area (Å²) >= 11 is 16.1. The summed E-state index contributed by atoms with van der Waals surface area (Å²) in [6, 6.07) is 0. The van der Waals surface area contributed by atoms with Gasteiger partial charge < -0.3 is 9.47 Å². The number of halogens is 3. The SMILES string of the molecule is ClCCOC(Cl)OCCCl. The molecule has 62 valence electrons. The third-order valence-corrected chi connectivity index (χ3v) is 1.21. The standard InChI is InChI=1S/C5H9Cl3O2/c6-1-3-9-5(8)10-4-2-7/h5H,1-4H2. The summed E-state index contributed by atoms with van der Waals surface area (Å²) in [4.78, 5) is 0. The molecule has 0 spiro atoms. The van der Waals surface area contributed by atoms with Crippen LogP contribution in [-0.4, -0.2) is 30.7 Å². The van der Waals surface area contributed by atoms with E-state index in [4.69, 9.17) is 44.3 Å². The van der Waals surface area contributed by atoms with Crippen molar-refractivity contribution in [2.24, 2.45) is 0 Å². The third-order valence-electron chi connectivity index (χ3n) is 0.652. The number of hydrogen-bond donors (Lipinski definition) is 0. The van der Waals surface area contributed by atoms with Crippen molar-refractivity contribution in [2.45, 2.75) is 5.75 Å². The van der Waals surface area contributed by atoms with Crippen LogP contribution in [-0.2, 0) is 9.47 Å². The summed E-state index contributed by atoms with van der Waals surface area (Å²) in [5, 5.41) is 0. The number of ether oxygens (including phenoxy) is 2. The van der Waals surface area contributed by atoms with Crippen LogP contribution < -0.4 is 0 Å². The second-order valence-corrected chi connectivity index (χ2v) is 2.51. The van der Waals surface area contributed by atoms with Gasteiger partial charge in [0, 0.05) is 11.8 Å². The van der Waals surface area contributed by atoms with E-state index >= 15 is 0 Å². The van der Waals surface area contributed by atoms with Crippen molar-refractivity contribution in [3.8, 4) is 0 Å². The summed E-state index contributed by atoms with van der Waals surface area (Å²) in [5.41, 5.74) is 0. The first kappa shape index (κ1) is 10.8. The third kappa shape index (κ3) is 6.90. The number of hydrogen-bond acceptors (Lipinski definition) is 2. The Kier molecular flexibility index (Phi) is 8.52. The molecule has 0 saturated carbocycles. The fourth-order valence-corrected chi connectivity index (χ4v) is 0.679. The lowest BCUT2D eigenvalue weighted by Crippen LogP contribution is -2.12. The molecule has 0 heterocycles. The second-order valence-electron chi connectivity index (χ2n) is 1.39. The van der Waals surface area contributed by atoms with Crippen molar-refractivity contribution in [3.63, 3.8) is 0 Å². The van der Waals surface area contributed by atoms with Gasteiger partial charge in [0.2, 0.25) is 5.75 Å². The van der Waals surface area contributed by atoms with E-state index in [9.17, 15) is 0 Å². The zero-order chi connectivity index (χ0) is 7.82. The molecular weight excluding hydrogens is 198 g/mol. The minimum atomic E-state index is -0.725. The van der Waals surface area contributed by atoms with Gasteiger partial charge in [0.1, 0.15) is 0 Å². The van der Waals surface area contributed by atoms with Gasteiger partial charge in [0.05, 0.1) is 13.2 Å². The number of rotatable bonds is 6. The van der Waals surface area contributed by atoms with Gasteiger partial charge in [-0.15, -0.1) is 23.2 Å². The zero-order valence-corrected chi connectivity index (χ0v) is 7.62. The fraction of sp³-hybridized carbons (Fsp3) is 1.00. The van der Waals surface area contributed by atoms with E-state index < -0.39 is 5.75 Å². The van der Waals surface area contributed by atoms with Crippen LogP contribution in [0, 0.1) is 0 Å². The predicted octanol–water partition coefficient (Wildman–Crippen LogP) is 2.02. The second kappa shape index (κ2) is 7.89. The normalized spacial score (nSPS) is 10.8. The maximum atomic E-state index is 5.48. The minimum Gasteiger partial charge on any atom is -0.338 e. The van der Waals surface area contributed by atoms with Gasteiger partial charge in [-0.1, -0.05) is 11.6 Å². The van der Waals surface area contributed by atoms with Crippen molar-refractivity contribution in [2.75, 3.05) is 25.0 Å². The van der Waals surface area contributed by atoms with Crippen LogP contribution in [0.25, 0.3) is 0 Å². The molecule has 0 aliphatic heterocycles. The molecule has 0 N–H and O–H groups in total. The van der Waals surface area contributed by atoms with E-state index in [1.54, 1.807) is 0 Å². The molecule has 0 aliphatic rings. The van der Waals surface area contributed by atoms with Crippen molar-refractivity contribution in [1.82, 2.24) is 0 Å². The Bertz CT molecular complexity index is 63.9. The summed E-state index contributed by atoms with van der Waals surface area (Å²) in [5.74, 6) is 0.0958. The van der Waals surface area contributed by atoms with E-state index in [1.807, 2.05) is 0 Å². The van der Waals surface area contributed by atoms with Gasteiger partial charge in [-0.25, -0.2) is 0 Å². The van der Waals surface area contributed by atoms with Gasteiger partial charge in [-0.3, -0.25) is 0 Å². The lowest BCUT2D eigenvalue weighted by Gasteiger charge is -2.08. The summed E-state index contributed by atoms with van der Waals surface area (Å²) < 4.78 is 9.69. The first-order valence-corrected chi connectivity index (χ1v) is 4.31. The van der Waals surface area contributed by atoms with Gasteiger partial charge in [-0.2, -0.15) is 0 Å². The van der Waals surface area contributed by atoms with E-state index in [2.05, 4.69) is 0 Å². The number of alkyl halides is 3. The average molecular weight is 207 g/mol. The van der Waals surface area contributed by atoms with Crippen molar-refractivity contribution in [1.29, 1.82) is 0 Å². The molecule has 0 aromatic rings. The Morgan fingerprint density at radius 1 is 1.00 bits per heavy atom. The zero-order valence-electron chi connectivity index (χ0n) is 5.36. The molecule has 0 aromatic carbocycles. The Labute approximate surface area is 75.3 Å². The Morgan fingerprint density at radius 2 is 1.40 bits per heavy atom. The highest BCUT2D eigenvalue weighted by Crippen LogP contribution is 2.00. The van der Waals surface area contributed by atoms with E-state index in [1.165, 1.54) is 0 Å². The highest BCUT2D eigenvalue weighted by atomic mass is 35.5. The Morgan fingerprint density at radius 3 is 1.70 bits per heavy atom. The van der Waals surface area contributed by atoms with Crippen molar-refractivity contribution >= 4 is 34.8 Å². The smallest absolute Gasteiger partial charge is 0.237 e. The maximum Gasteiger partial charge on any atom is 0.237 e. The fourth-order valence-electron chi connectivity index (χ4n) is 0.323. The molecule has 0 rings (SSSR count). The molecular formula is C5H9Cl3O2. The van der Waals surface area contributed by atoms with Gasteiger partial charge in [-0.05, 0) is 0 Å².